The lowest BCUT2D eigenvalue weighted by atomic mass is 9.93. The van der Waals surface area contributed by atoms with E-state index in [0.29, 0.717) is 31.9 Å². The number of hydrogen-bond donors (Lipinski definition) is 1. The van der Waals surface area contributed by atoms with Crippen LogP contribution >= 0.6 is 11.3 Å². The Morgan fingerprint density at radius 1 is 1.08 bits per heavy atom. The van der Waals surface area contributed by atoms with Crippen LogP contribution in [0.2, 0.25) is 0 Å². The zero-order valence-electron chi connectivity index (χ0n) is 20.3. The predicted octanol–water partition coefficient (Wildman–Crippen LogP) is 3.65. The van der Waals surface area contributed by atoms with Crippen LogP contribution in [-0.4, -0.2) is 29.4 Å². The van der Waals surface area contributed by atoms with Crippen LogP contribution in [0.1, 0.15) is 29.7 Å². The summed E-state index contributed by atoms with van der Waals surface area (Å²) in [6, 6.07) is 22.6. The van der Waals surface area contributed by atoms with Gasteiger partial charge in [-0.3, -0.25) is 9.36 Å². The van der Waals surface area contributed by atoms with Crippen molar-refractivity contribution in [3.05, 3.63) is 121 Å². The van der Waals surface area contributed by atoms with Gasteiger partial charge in [-0.1, -0.05) is 65.9 Å². The van der Waals surface area contributed by atoms with Crippen LogP contribution in [0.3, 0.4) is 0 Å². The second kappa shape index (κ2) is 10.3. The zero-order chi connectivity index (χ0) is 25.9. The van der Waals surface area contributed by atoms with E-state index in [0.717, 1.165) is 5.56 Å². The van der Waals surface area contributed by atoms with Crippen molar-refractivity contribution in [2.75, 3.05) is 13.7 Å². The molecule has 1 N–H and O–H groups in total. The Morgan fingerprint density at radius 3 is 2.59 bits per heavy atom. The summed E-state index contributed by atoms with van der Waals surface area (Å²) in [4.78, 5) is 32.6. The lowest BCUT2D eigenvalue weighted by Crippen LogP contribution is -2.40. The summed E-state index contributed by atoms with van der Waals surface area (Å²) >= 11 is 1.23. The summed E-state index contributed by atoms with van der Waals surface area (Å²) < 4.78 is 12.9. The maximum Gasteiger partial charge on any atom is 0.338 e. The normalized spacial score (nSPS) is 15.2. The monoisotopic (exact) mass is 512 g/mol. The van der Waals surface area contributed by atoms with E-state index >= 15 is 0 Å². The molecule has 4 aromatic rings. The minimum Gasteiger partial charge on any atom is -0.508 e. The largest absolute Gasteiger partial charge is 0.508 e. The summed E-state index contributed by atoms with van der Waals surface area (Å²) in [5.41, 5.74) is 2.54. The van der Waals surface area contributed by atoms with Gasteiger partial charge in [-0.15, -0.1) is 0 Å². The van der Waals surface area contributed by atoms with E-state index in [9.17, 15) is 14.7 Å². The molecule has 37 heavy (non-hydrogen) atoms. The molecule has 0 bridgehead atoms. The van der Waals surface area contributed by atoms with Gasteiger partial charge in [0, 0.05) is 5.56 Å². The van der Waals surface area contributed by atoms with E-state index in [1.54, 1.807) is 50.4 Å². The Labute approximate surface area is 216 Å². The third-order valence-corrected chi connectivity index (χ3v) is 6.93. The summed E-state index contributed by atoms with van der Waals surface area (Å²) in [7, 11) is 1.57. The molecule has 186 valence electrons. The van der Waals surface area contributed by atoms with Crippen molar-refractivity contribution in [1.82, 2.24) is 4.57 Å². The van der Waals surface area contributed by atoms with Gasteiger partial charge in [0.1, 0.15) is 11.5 Å². The van der Waals surface area contributed by atoms with Crippen molar-refractivity contribution in [3.63, 3.8) is 0 Å². The van der Waals surface area contributed by atoms with Crippen molar-refractivity contribution in [3.8, 4) is 11.5 Å². The van der Waals surface area contributed by atoms with Crippen molar-refractivity contribution >= 4 is 29.1 Å². The minimum atomic E-state index is -0.785. The number of phenolic OH excluding ortho intramolecular Hbond substituents is 1. The first-order valence-electron chi connectivity index (χ1n) is 11.7. The van der Waals surface area contributed by atoms with Gasteiger partial charge in [0.15, 0.2) is 4.80 Å². The molecule has 3 aromatic carbocycles. The average molecular weight is 513 g/mol. The molecule has 0 spiro atoms. The molecule has 0 amide bonds. The molecular formula is C29H24N2O5S. The van der Waals surface area contributed by atoms with Crippen LogP contribution in [0.4, 0.5) is 0 Å². The Morgan fingerprint density at radius 2 is 1.86 bits per heavy atom. The Hall–Kier alpha value is -4.43. The van der Waals surface area contributed by atoms with E-state index in [4.69, 9.17) is 14.5 Å². The van der Waals surface area contributed by atoms with Crippen LogP contribution in [0.5, 0.6) is 11.5 Å². The Kier molecular flexibility index (Phi) is 6.74. The number of rotatable bonds is 6. The SMILES string of the molecule is CCOC(=O)C1=C(c2ccccc2)N=c2s/c(=C\c3cccc(O)c3)c(=O)n2[C@@H]1c1cccc(OC)c1. The number of aromatic hydroxyl groups is 1. The number of carbonyl (C=O) groups is 1. The topological polar surface area (TPSA) is 90.1 Å². The fourth-order valence-corrected chi connectivity index (χ4v) is 5.33. The van der Waals surface area contributed by atoms with Crippen LogP contribution in [0.25, 0.3) is 11.8 Å². The highest BCUT2D eigenvalue weighted by atomic mass is 32.1. The smallest absolute Gasteiger partial charge is 0.338 e. The number of fused-ring (bicyclic) bond motifs is 1. The number of hydrogen-bond acceptors (Lipinski definition) is 7. The first-order valence-corrected chi connectivity index (χ1v) is 12.5. The maximum absolute atomic E-state index is 13.8. The molecule has 0 saturated carbocycles. The van der Waals surface area contributed by atoms with Gasteiger partial charge in [0.25, 0.3) is 5.56 Å². The van der Waals surface area contributed by atoms with Gasteiger partial charge in [-0.2, -0.15) is 0 Å². The van der Waals surface area contributed by atoms with E-state index in [2.05, 4.69) is 0 Å². The van der Waals surface area contributed by atoms with Gasteiger partial charge >= 0.3 is 5.97 Å². The number of aromatic nitrogens is 1. The fraction of sp³-hybridized carbons (Fsp3) is 0.138. The van der Waals surface area contributed by atoms with Gasteiger partial charge in [-0.05, 0) is 48.4 Å². The number of esters is 1. The lowest BCUT2D eigenvalue weighted by molar-refractivity contribution is -0.138. The molecule has 1 atom stereocenters. The molecule has 0 radical (unpaired) electrons. The molecule has 0 saturated heterocycles. The molecule has 0 fully saturated rings. The molecule has 0 unspecified atom stereocenters. The van der Waals surface area contributed by atoms with Gasteiger partial charge < -0.3 is 14.6 Å². The van der Waals surface area contributed by atoms with E-state index in [1.165, 1.54) is 15.9 Å². The number of thiazole rings is 1. The van der Waals surface area contributed by atoms with Crippen molar-refractivity contribution in [2.24, 2.45) is 4.99 Å². The van der Waals surface area contributed by atoms with E-state index in [1.807, 2.05) is 48.5 Å². The second-order valence-electron chi connectivity index (χ2n) is 8.30. The molecule has 5 rings (SSSR count). The first kappa shape index (κ1) is 24.3. The van der Waals surface area contributed by atoms with Crippen molar-refractivity contribution in [1.29, 1.82) is 0 Å². The third kappa shape index (κ3) is 4.71. The van der Waals surface area contributed by atoms with Gasteiger partial charge in [0.05, 0.1) is 35.6 Å². The maximum atomic E-state index is 13.8. The van der Waals surface area contributed by atoms with Crippen LogP contribution in [0, 0.1) is 0 Å². The molecular weight excluding hydrogens is 488 g/mol. The highest BCUT2D eigenvalue weighted by Gasteiger charge is 2.35. The zero-order valence-corrected chi connectivity index (χ0v) is 21.1. The highest BCUT2D eigenvalue weighted by Crippen LogP contribution is 2.36. The van der Waals surface area contributed by atoms with E-state index in [-0.39, 0.29) is 23.5 Å². The molecule has 1 aliphatic rings. The predicted molar refractivity (Wildman–Crippen MR) is 142 cm³/mol. The molecule has 8 heteroatoms. The number of methoxy groups -OCH3 is 1. The highest BCUT2D eigenvalue weighted by molar-refractivity contribution is 7.07. The molecule has 7 nitrogen and oxygen atoms in total. The minimum absolute atomic E-state index is 0.103. The quantitative estimate of drug-likeness (QED) is 0.399. The number of phenols is 1. The van der Waals surface area contributed by atoms with Gasteiger partial charge in [0.2, 0.25) is 0 Å². The summed E-state index contributed by atoms with van der Waals surface area (Å²) in [6.07, 6.45) is 1.71. The third-order valence-electron chi connectivity index (χ3n) is 5.95. The molecule has 2 heterocycles. The van der Waals surface area contributed by atoms with E-state index < -0.39 is 12.0 Å². The molecule has 0 aliphatic carbocycles. The number of nitrogens with zero attached hydrogens (tertiary/aromatic N) is 2. The van der Waals surface area contributed by atoms with Crippen LogP contribution in [-0.2, 0) is 9.53 Å². The number of ether oxygens (including phenoxy) is 2. The van der Waals surface area contributed by atoms with Crippen LogP contribution < -0.4 is 19.6 Å². The van der Waals surface area contributed by atoms with Crippen molar-refractivity contribution in [2.45, 2.75) is 13.0 Å². The Bertz CT molecular complexity index is 1690. The van der Waals surface area contributed by atoms with Gasteiger partial charge in [-0.25, -0.2) is 9.79 Å². The second-order valence-corrected chi connectivity index (χ2v) is 9.31. The summed E-state index contributed by atoms with van der Waals surface area (Å²) in [6.45, 7) is 1.92. The molecule has 1 aromatic heterocycles. The lowest BCUT2D eigenvalue weighted by Gasteiger charge is -2.26. The standard InChI is InChI=1S/C29H24N2O5S/c1-3-36-28(34)24-25(19-10-5-4-6-11-19)30-29-31(26(24)20-12-8-14-22(17-20)35-2)27(33)23(37-29)16-18-9-7-13-21(32)15-18/h4-17,26,32H,3H2,1-2H3/b23-16-/t26-/m1/s1. The summed E-state index contributed by atoms with van der Waals surface area (Å²) in [5, 5.41) is 9.88. The number of carbonyl (C=O) groups excluding carboxylic acids is 1. The fourth-order valence-electron chi connectivity index (χ4n) is 4.33. The Balaban J connectivity index is 1.84. The number of benzene rings is 3. The van der Waals surface area contributed by atoms with Crippen molar-refractivity contribution < 1.29 is 19.4 Å². The molecule has 1 aliphatic heterocycles. The average Bonchev–Trinajstić information content (AvgIpc) is 3.22. The van der Waals surface area contributed by atoms with Crippen LogP contribution in [0.15, 0.2) is 94.2 Å². The summed E-state index contributed by atoms with van der Waals surface area (Å²) in [5.74, 6) is 0.160. The first-order chi connectivity index (χ1) is 18.0.